The lowest BCUT2D eigenvalue weighted by molar-refractivity contribution is -0.0725. The third kappa shape index (κ3) is 2.36. The first kappa shape index (κ1) is 13.6. The summed E-state index contributed by atoms with van der Waals surface area (Å²) in [6, 6.07) is 4.19. The molecule has 1 aliphatic carbocycles. The number of fused-ring (bicyclic) bond motifs is 1. The molecule has 20 heavy (non-hydrogen) atoms. The SMILES string of the molecule is COC(=O)c1ccc(C(C)N2CCOC3CCCC32)o1. The minimum absolute atomic E-state index is 0.155. The number of methoxy groups -OCH3 is 1. The van der Waals surface area contributed by atoms with Gasteiger partial charge in [-0.3, -0.25) is 4.90 Å². The molecule has 2 heterocycles. The van der Waals surface area contributed by atoms with Crippen LogP contribution in [0.2, 0.25) is 0 Å². The van der Waals surface area contributed by atoms with E-state index in [0.717, 1.165) is 25.3 Å². The number of carbonyl (C=O) groups excluding carboxylic acids is 1. The summed E-state index contributed by atoms with van der Waals surface area (Å²) in [7, 11) is 1.36. The standard InChI is InChI=1S/C15H21NO4/c1-10(12-6-7-14(20-12)15(17)18-2)16-8-9-19-13-5-3-4-11(13)16/h6-7,10-11,13H,3-5,8-9H2,1-2H3. The number of hydrogen-bond acceptors (Lipinski definition) is 5. The number of carbonyl (C=O) groups is 1. The Morgan fingerprint density at radius 2 is 2.30 bits per heavy atom. The average molecular weight is 279 g/mol. The molecular weight excluding hydrogens is 258 g/mol. The van der Waals surface area contributed by atoms with Crippen LogP contribution in [0.5, 0.6) is 0 Å². The van der Waals surface area contributed by atoms with Gasteiger partial charge in [0.25, 0.3) is 0 Å². The summed E-state index contributed by atoms with van der Waals surface area (Å²) in [6.45, 7) is 3.81. The van der Waals surface area contributed by atoms with E-state index in [1.807, 2.05) is 6.07 Å². The Hall–Kier alpha value is -1.33. The Labute approximate surface area is 118 Å². The number of nitrogens with zero attached hydrogens (tertiary/aromatic N) is 1. The second-order valence-electron chi connectivity index (χ2n) is 5.51. The lowest BCUT2D eigenvalue weighted by Crippen LogP contribution is -2.49. The molecule has 1 aliphatic heterocycles. The minimum Gasteiger partial charge on any atom is -0.463 e. The third-order valence-corrected chi connectivity index (χ3v) is 4.45. The maximum atomic E-state index is 11.5. The van der Waals surface area contributed by atoms with Crippen LogP contribution in [0.4, 0.5) is 0 Å². The average Bonchev–Trinajstić information content (AvgIpc) is 3.13. The largest absolute Gasteiger partial charge is 0.463 e. The summed E-state index contributed by atoms with van der Waals surface area (Å²) in [6.07, 6.45) is 3.92. The highest BCUT2D eigenvalue weighted by molar-refractivity contribution is 5.86. The first-order chi connectivity index (χ1) is 9.70. The van der Waals surface area contributed by atoms with E-state index in [1.54, 1.807) is 6.07 Å². The summed E-state index contributed by atoms with van der Waals surface area (Å²) in [5, 5.41) is 0. The van der Waals surface area contributed by atoms with E-state index in [2.05, 4.69) is 16.6 Å². The first-order valence-electron chi connectivity index (χ1n) is 7.26. The van der Waals surface area contributed by atoms with Gasteiger partial charge in [0.2, 0.25) is 5.76 Å². The molecule has 0 N–H and O–H groups in total. The van der Waals surface area contributed by atoms with Crippen molar-refractivity contribution in [1.29, 1.82) is 0 Å². The van der Waals surface area contributed by atoms with E-state index < -0.39 is 5.97 Å². The molecule has 2 fully saturated rings. The van der Waals surface area contributed by atoms with Gasteiger partial charge in [-0.05, 0) is 38.3 Å². The van der Waals surface area contributed by atoms with Gasteiger partial charge >= 0.3 is 5.97 Å². The Kier molecular flexibility index (Phi) is 3.81. The van der Waals surface area contributed by atoms with Crippen LogP contribution in [0.1, 0.15) is 48.5 Å². The van der Waals surface area contributed by atoms with Gasteiger partial charge in [0.15, 0.2) is 0 Å². The van der Waals surface area contributed by atoms with Gasteiger partial charge < -0.3 is 13.9 Å². The number of rotatable bonds is 3. The lowest BCUT2D eigenvalue weighted by atomic mass is 10.1. The minimum atomic E-state index is -0.427. The molecule has 3 unspecified atom stereocenters. The molecule has 3 rings (SSSR count). The highest BCUT2D eigenvalue weighted by Crippen LogP contribution is 2.35. The number of furan rings is 1. The van der Waals surface area contributed by atoms with Crippen molar-refractivity contribution < 1.29 is 18.7 Å². The molecule has 0 spiro atoms. The predicted molar refractivity (Wildman–Crippen MR) is 72.5 cm³/mol. The van der Waals surface area contributed by atoms with Crippen molar-refractivity contribution in [1.82, 2.24) is 4.90 Å². The molecule has 3 atom stereocenters. The molecule has 1 saturated heterocycles. The number of hydrogen-bond donors (Lipinski definition) is 0. The summed E-state index contributed by atoms with van der Waals surface area (Å²) in [4.78, 5) is 13.9. The van der Waals surface area contributed by atoms with Gasteiger partial charge in [-0.15, -0.1) is 0 Å². The Morgan fingerprint density at radius 3 is 3.10 bits per heavy atom. The number of esters is 1. The van der Waals surface area contributed by atoms with Crippen LogP contribution in [-0.2, 0) is 9.47 Å². The zero-order valence-electron chi connectivity index (χ0n) is 12.0. The molecule has 0 amide bonds. The lowest BCUT2D eigenvalue weighted by Gasteiger charge is -2.40. The molecule has 5 heteroatoms. The van der Waals surface area contributed by atoms with Crippen molar-refractivity contribution in [3.8, 4) is 0 Å². The Balaban J connectivity index is 1.76. The summed E-state index contributed by atoms with van der Waals surface area (Å²) in [5.41, 5.74) is 0. The zero-order chi connectivity index (χ0) is 14.1. The fourth-order valence-electron chi connectivity index (χ4n) is 3.39. The zero-order valence-corrected chi connectivity index (χ0v) is 12.0. The maximum Gasteiger partial charge on any atom is 0.373 e. The molecule has 2 aliphatic rings. The summed E-state index contributed by atoms with van der Waals surface area (Å²) < 4.78 is 16.2. The molecule has 1 saturated carbocycles. The van der Waals surface area contributed by atoms with Crippen molar-refractivity contribution >= 4 is 5.97 Å². The quantitative estimate of drug-likeness (QED) is 0.795. The van der Waals surface area contributed by atoms with E-state index in [-0.39, 0.29) is 11.8 Å². The normalized spacial score (nSPS) is 28.1. The molecule has 110 valence electrons. The van der Waals surface area contributed by atoms with Crippen LogP contribution in [-0.4, -0.2) is 43.3 Å². The predicted octanol–water partition coefficient (Wildman–Crippen LogP) is 2.38. The number of ether oxygens (including phenoxy) is 2. The van der Waals surface area contributed by atoms with Crippen molar-refractivity contribution in [3.05, 3.63) is 23.7 Å². The van der Waals surface area contributed by atoms with Gasteiger partial charge in [-0.1, -0.05) is 0 Å². The van der Waals surface area contributed by atoms with Crippen molar-refractivity contribution in [2.45, 2.75) is 44.4 Å². The molecule has 5 nitrogen and oxygen atoms in total. The molecule has 1 aromatic rings. The van der Waals surface area contributed by atoms with Gasteiger partial charge in [0, 0.05) is 12.6 Å². The van der Waals surface area contributed by atoms with Crippen LogP contribution < -0.4 is 0 Å². The van der Waals surface area contributed by atoms with E-state index in [4.69, 9.17) is 9.15 Å². The van der Waals surface area contributed by atoms with Crippen molar-refractivity contribution in [2.75, 3.05) is 20.3 Å². The molecular formula is C15H21NO4. The van der Waals surface area contributed by atoms with Crippen LogP contribution in [0.3, 0.4) is 0 Å². The number of morpholine rings is 1. The van der Waals surface area contributed by atoms with Crippen LogP contribution in [0.25, 0.3) is 0 Å². The van der Waals surface area contributed by atoms with Gasteiger partial charge in [0.1, 0.15) is 5.76 Å². The molecule has 1 aromatic heterocycles. The van der Waals surface area contributed by atoms with Crippen LogP contribution in [0, 0.1) is 0 Å². The van der Waals surface area contributed by atoms with Crippen LogP contribution in [0.15, 0.2) is 16.5 Å². The van der Waals surface area contributed by atoms with Crippen LogP contribution >= 0.6 is 0 Å². The monoisotopic (exact) mass is 279 g/mol. The second-order valence-corrected chi connectivity index (χ2v) is 5.51. The Bertz CT molecular complexity index is 484. The molecule has 0 aromatic carbocycles. The molecule has 0 radical (unpaired) electrons. The van der Waals surface area contributed by atoms with E-state index >= 15 is 0 Å². The first-order valence-corrected chi connectivity index (χ1v) is 7.26. The van der Waals surface area contributed by atoms with E-state index in [9.17, 15) is 4.79 Å². The molecule has 0 bridgehead atoms. The maximum absolute atomic E-state index is 11.5. The summed E-state index contributed by atoms with van der Waals surface area (Å²) >= 11 is 0. The van der Waals surface area contributed by atoms with Crippen molar-refractivity contribution in [3.63, 3.8) is 0 Å². The fourth-order valence-corrected chi connectivity index (χ4v) is 3.39. The van der Waals surface area contributed by atoms with Gasteiger partial charge in [-0.2, -0.15) is 0 Å². The second kappa shape index (κ2) is 5.58. The topological polar surface area (TPSA) is 51.9 Å². The van der Waals surface area contributed by atoms with E-state index in [1.165, 1.54) is 20.0 Å². The van der Waals surface area contributed by atoms with Gasteiger partial charge in [-0.25, -0.2) is 4.79 Å². The highest BCUT2D eigenvalue weighted by Gasteiger charge is 2.39. The van der Waals surface area contributed by atoms with E-state index in [0.29, 0.717) is 12.1 Å². The smallest absolute Gasteiger partial charge is 0.373 e. The fraction of sp³-hybridized carbons (Fsp3) is 0.667. The highest BCUT2D eigenvalue weighted by atomic mass is 16.5. The summed E-state index contributed by atoms with van der Waals surface area (Å²) in [5.74, 6) is 0.660. The third-order valence-electron chi connectivity index (χ3n) is 4.45. The van der Waals surface area contributed by atoms with Gasteiger partial charge in [0.05, 0.1) is 25.9 Å². The Morgan fingerprint density at radius 1 is 1.45 bits per heavy atom. The van der Waals surface area contributed by atoms with Crippen molar-refractivity contribution in [2.24, 2.45) is 0 Å².